The van der Waals surface area contributed by atoms with Crippen molar-refractivity contribution in [2.24, 2.45) is 5.92 Å². The largest absolute Gasteiger partial charge is 0.497 e. The maximum atomic E-state index is 5.43. The van der Waals surface area contributed by atoms with E-state index in [2.05, 4.69) is 24.0 Å². The van der Waals surface area contributed by atoms with Gasteiger partial charge in [-0.05, 0) is 31.5 Å². The minimum absolute atomic E-state index is 0.140. The first-order valence-corrected chi connectivity index (χ1v) is 6.10. The van der Waals surface area contributed by atoms with Crippen LogP contribution in [0.25, 0.3) is 0 Å². The van der Waals surface area contributed by atoms with Crippen molar-refractivity contribution in [3.8, 4) is 0 Å². The minimum atomic E-state index is 0.140. The van der Waals surface area contributed by atoms with E-state index < -0.39 is 0 Å². The molecule has 0 saturated heterocycles. The highest BCUT2D eigenvalue weighted by Gasteiger charge is 2.20. The Balaban J connectivity index is 2.35. The highest BCUT2D eigenvalue weighted by Crippen LogP contribution is 2.19. The molecule has 3 heteroatoms. The summed E-state index contributed by atoms with van der Waals surface area (Å²) in [6, 6.07) is 0. The van der Waals surface area contributed by atoms with E-state index in [9.17, 15) is 0 Å². The predicted molar refractivity (Wildman–Crippen MR) is 70.8 cm³/mol. The monoisotopic (exact) mass is 237 g/mol. The fourth-order valence-electron chi connectivity index (χ4n) is 1.90. The molecule has 0 aliphatic heterocycles. The lowest BCUT2D eigenvalue weighted by atomic mass is 9.96. The third kappa shape index (κ3) is 4.75. The Morgan fingerprint density at radius 3 is 2.94 bits per heavy atom. The highest BCUT2D eigenvalue weighted by molar-refractivity contribution is 5.22. The first-order valence-electron chi connectivity index (χ1n) is 6.10. The number of nitrogens with one attached hydrogen (secondary N) is 1. The van der Waals surface area contributed by atoms with Crippen LogP contribution in [0.2, 0.25) is 0 Å². The van der Waals surface area contributed by atoms with Crippen LogP contribution in [0.3, 0.4) is 0 Å². The highest BCUT2D eigenvalue weighted by atomic mass is 16.5. The van der Waals surface area contributed by atoms with E-state index in [-0.39, 0.29) is 6.10 Å². The molecule has 1 aliphatic carbocycles. The third-order valence-electron chi connectivity index (χ3n) is 2.90. The van der Waals surface area contributed by atoms with Crippen LogP contribution in [0.15, 0.2) is 36.6 Å². The lowest BCUT2D eigenvalue weighted by Gasteiger charge is -2.24. The fourth-order valence-corrected chi connectivity index (χ4v) is 1.90. The topological polar surface area (TPSA) is 30.5 Å². The van der Waals surface area contributed by atoms with Gasteiger partial charge in [-0.3, -0.25) is 0 Å². The van der Waals surface area contributed by atoms with Crippen molar-refractivity contribution in [1.29, 1.82) is 0 Å². The van der Waals surface area contributed by atoms with Crippen LogP contribution in [0.1, 0.15) is 12.8 Å². The van der Waals surface area contributed by atoms with Crippen LogP contribution in [0, 0.1) is 5.92 Å². The Bertz CT molecular complexity index is 284. The van der Waals surface area contributed by atoms with E-state index in [1.807, 2.05) is 12.2 Å². The van der Waals surface area contributed by atoms with Crippen LogP contribution in [-0.4, -0.2) is 33.4 Å². The van der Waals surface area contributed by atoms with Crippen molar-refractivity contribution in [3.63, 3.8) is 0 Å². The molecule has 17 heavy (non-hydrogen) atoms. The van der Waals surface area contributed by atoms with Gasteiger partial charge in [-0.2, -0.15) is 0 Å². The van der Waals surface area contributed by atoms with Crippen molar-refractivity contribution in [2.45, 2.75) is 18.9 Å². The molecular weight excluding hydrogens is 214 g/mol. The summed E-state index contributed by atoms with van der Waals surface area (Å²) in [4.78, 5) is 0. The molecule has 1 rings (SSSR count). The Labute approximate surface area is 104 Å². The van der Waals surface area contributed by atoms with Gasteiger partial charge in [-0.1, -0.05) is 12.2 Å². The maximum Gasteiger partial charge on any atom is 0.115 e. The maximum absolute atomic E-state index is 5.43. The van der Waals surface area contributed by atoms with E-state index in [0.29, 0.717) is 5.92 Å². The summed E-state index contributed by atoms with van der Waals surface area (Å²) < 4.78 is 10.7. The Hall–Kier alpha value is -1.06. The number of rotatable bonds is 8. The van der Waals surface area contributed by atoms with Gasteiger partial charge in [0.15, 0.2) is 0 Å². The summed E-state index contributed by atoms with van der Waals surface area (Å²) in [7, 11) is 3.43. The number of ether oxygens (including phenoxy) is 2. The molecule has 2 atom stereocenters. The molecule has 1 N–H and O–H groups in total. The summed E-state index contributed by atoms with van der Waals surface area (Å²) in [5.41, 5.74) is 0. The van der Waals surface area contributed by atoms with Crippen LogP contribution < -0.4 is 5.32 Å². The Morgan fingerprint density at radius 2 is 2.29 bits per heavy atom. The Morgan fingerprint density at radius 1 is 1.47 bits per heavy atom. The second kappa shape index (κ2) is 8.09. The molecule has 3 nitrogen and oxygen atoms in total. The molecule has 0 aromatic carbocycles. The van der Waals surface area contributed by atoms with Crippen LogP contribution in [0.4, 0.5) is 0 Å². The molecule has 0 spiro atoms. The normalized spacial score (nSPS) is 23.3. The van der Waals surface area contributed by atoms with Crippen LogP contribution >= 0.6 is 0 Å². The number of hydrogen-bond donors (Lipinski definition) is 1. The molecule has 0 fully saturated rings. The molecule has 0 aromatic rings. The molecule has 2 unspecified atom stereocenters. The predicted octanol–water partition coefficient (Wildman–Crippen LogP) is 2.27. The SMILES string of the molecule is C=CCCCNCC1C=C(OC)C=CC1OC. The Kier molecular flexibility index (Phi) is 6.67. The molecule has 0 aromatic heterocycles. The first kappa shape index (κ1) is 14.0. The summed E-state index contributed by atoms with van der Waals surface area (Å²) >= 11 is 0. The average Bonchev–Trinajstić information content (AvgIpc) is 2.38. The minimum Gasteiger partial charge on any atom is -0.497 e. The van der Waals surface area contributed by atoms with Gasteiger partial charge in [-0.25, -0.2) is 0 Å². The molecule has 0 bridgehead atoms. The van der Waals surface area contributed by atoms with E-state index in [0.717, 1.165) is 31.7 Å². The zero-order chi connectivity index (χ0) is 12.5. The molecule has 96 valence electrons. The molecule has 0 amide bonds. The summed E-state index contributed by atoms with van der Waals surface area (Å²) in [6.45, 7) is 5.63. The smallest absolute Gasteiger partial charge is 0.115 e. The molecule has 0 saturated carbocycles. The summed E-state index contributed by atoms with van der Waals surface area (Å²) in [5, 5.41) is 3.44. The fraction of sp³-hybridized carbons (Fsp3) is 0.571. The van der Waals surface area contributed by atoms with Gasteiger partial charge in [0, 0.05) is 19.6 Å². The van der Waals surface area contributed by atoms with Gasteiger partial charge in [0.25, 0.3) is 0 Å². The van der Waals surface area contributed by atoms with Crippen molar-refractivity contribution in [2.75, 3.05) is 27.3 Å². The van der Waals surface area contributed by atoms with E-state index in [1.54, 1.807) is 14.2 Å². The van der Waals surface area contributed by atoms with Crippen molar-refractivity contribution in [3.05, 3.63) is 36.6 Å². The van der Waals surface area contributed by atoms with E-state index in [1.165, 1.54) is 0 Å². The van der Waals surface area contributed by atoms with Crippen LogP contribution in [0.5, 0.6) is 0 Å². The summed E-state index contributed by atoms with van der Waals surface area (Å²) in [6.07, 6.45) is 10.4. The quantitative estimate of drug-likeness (QED) is 0.519. The van der Waals surface area contributed by atoms with Gasteiger partial charge < -0.3 is 14.8 Å². The van der Waals surface area contributed by atoms with Gasteiger partial charge in [0.1, 0.15) is 5.76 Å². The third-order valence-corrected chi connectivity index (χ3v) is 2.90. The van der Waals surface area contributed by atoms with E-state index in [4.69, 9.17) is 9.47 Å². The molecular formula is C14H23NO2. The van der Waals surface area contributed by atoms with Gasteiger partial charge in [0.05, 0.1) is 13.2 Å². The first-order chi connectivity index (χ1) is 8.31. The zero-order valence-corrected chi connectivity index (χ0v) is 10.8. The second-order valence-corrected chi connectivity index (χ2v) is 4.13. The van der Waals surface area contributed by atoms with Crippen molar-refractivity contribution >= 4 is 0 Å². The van der Waals surface area contributed by atoms with Crippen molar-refractivity contribution in [1.82, 2.24) is 5.32 Å². The van der Waals surface area contributed by atoms with Crippen molar-refractivity contribution < 1.29 is 9.47 Å². The molecule has 0 heterocycles. The summed E-state index contributed by atoms with van der Waals surface area (Å²) in [5.74, 6) is 1.25. The van der Waals surface area contributed by atoms with E-state index >= 15 is 0 Å². The van der Waals surface area contributed by atoms with Crippen LogP contribution in [-0.2, 0) is 9.47 Å². The zero-order valence-electron chi connectivity index (χ0n) is 10.8. The molecule has 1 aliphatic rings. The molecule has 0 radical (unpaired) electrons. The van der Waals surface area contributed by atoms with Gasteiger partial charge in [-0.15, -0.1) is 6.58 Å². The standard InChI is InChI=1S/C14H23NO2/c1-4-5-6-9-15-11-12-10-13(16-2)7-8-14(12)17-3/h4,7-8,10,12,14-15H,1,5-6,9,11H2,2-3H3. The number of allylic oxidation sites excluding steroid dienone is 2. The second-order valence-electron chi connectivity index (χ2n) is 4.13. The van der Waals surface area contributed by atoms with Gasteiger partial charge >= 0.3 is 0 Å². The number of unbranched alkanes of at least 4 members (excludes halogenated alkanes) is 1. The number of methoxy groups -OCH3 is 2. The van der Waals surface area contributed by atoms with Gasteiger partial charge in [0.2, 0.25) is 0 Å². The number of hydrogen-bond acceptors (Lipinski definition) is 3. The lowest BCUT2D eigenvalue weighted by Crippen LogP contribution is -2.32. The average molecular weight is 237 g/mol. The lowest BCUT2D eigenvalue weighted by molar-refractivity contribution is 0.102.